The lowest BCUT2D eigenvalue weighted by Gasteiger charge is -2.40. The van der Waals surface area contributed by atoms with Gasteiger partial charge in [-0.1, -0.05) is 23.7 Å². The van der Waals surface area contributed by atoms with Crippen LogP contribution < -0.4 is 5.32 Å². The molecule has 2 aliphatic rings. The molecular weight excluding hydrogens is 329 g/mol. The Morgan fingerprint density at radius 1 is 1.09 bits per heavy atom. The van der Waals surface area contributed by atoms with Gasteiger partial charge in [-0.2, -0.15) is 0 Å². The maximum atomic E-state index is 5.99. The highest BCUT2D eigenvalue weighted by Gasteiger charge is 2.24. The molecular formula is C18H29Cl2N3. The van der Waals surface area contributed by atoms with Crippen LogP contribution in [0.4, 0.5) is 0 Å². The number of nitrogens with zero attached hydrogens (tertiary/aromatic N) is 2. The molecule has 130 valence electrons. The van der Waals surface area contributed by atoms with Crippen molar-refractivity contribution in [1.29, 1.82) is 0 Å². The van der Waals surface area contributed by atoms with Crippen LogP contribution in [-0.4, -0.2) is 55.6 Å². The highest BCUT2D eigenvalue weighted by molar-refractivity contribution is 6.30. The van der Waals surface area contributed by atoms with Crippen molar-refractivity contribution in [1.82, 2.24) is 15.1 Å². The molecule has 23 heavy (non-hydrogen) atoms. The van der Waals surface area contributed by atoms with Crippen molar-refractivity contribution in [2.24, 2.45) is 5.92 Å². The molecule has 1 aromatic carbocycles. The van der Waals surface area contributed by atoms with Gasteiger partial charge in [0.15, 0.2) is 0 Å². The number of piperidine rings is 1. The Balaban J connectivity index is 0.00000192. The molecule has 0 amide bonds. The number of rotatable bonds is 4. The van der Waals surface area contributed by atoms with Crippen LogP contribution in [0.5, 0.6) is 0 Å². The number of halogens is 2. The summed E-state index contributed by atoms with van der Waals surface area (Å²) in [6.07, 6.45) is 2.70. The fourth-order valence-corrected chi connectivity index (χ4v) is 3.84. The minimum Gasteiger partial charge on any atom is -0.317 e. The second kappa shape index (κ2) is 9.24. The summed E-state index contributed by atoms with van der Waals surface area (Å²) < 4.78 is 0. The second-order valence-electron chi connectivity index (χ2n) is 6.76. The lowest BCUT2D eigenvalue weighted by molar-refractivity contribution is 0.0869. The first-order valence-electron chi connectivity index (χ1n) is 8.65. The maximum absolute atomic E-state index is 5.99. The molecule has 3 rings (SSSR count). The number of hydrogen-bond acceptors (Lipinski definition) is 3. The van der Waals surface area contributed by atoms with Gasteiger partial charge in [-0.25, -0.2) is 0 Å². The van der Waals surface area contributed by atoms with Crippen molar-refractivity contribution < 1.29 is 0 Å². The average molecular weight is 358 g/mol. The summed E-state index contributed by atoms with van der Waals surface area (Å²) in [5.74, 6) is 0.904. The van der Waals surface area contributed by atoms with Crippen molar-refractivity contribution in [2.75, 3.05) is 45.8 Å². The average Bonchev–Trinajstić information content (AvgIpc) is 2.57. The normalized spacial score (nSPS) is 22.5. The van der Waals surface area contributed by atoms with E-state index in [4.69, 9.17) is 11.6 Å². The number of benzene rings is 1. The van der Waals surface area contributed by atoms with Crippen LogP contribution in [0.3, 0.4) is 0 Å². The smallest absolute Gasteiger partial charge is 0.0406 e. The first-order chi connectivity index (χ1) is 10.7. The fourth-order valence-electron chi connectivity index (χ4n) is 3.71. The van der Waals surface area contributed by atoms with Gasteiger partial charge < -0.3 is 10.2 Å². The summed E-state index contributed by atoms with van der Waals surface area (Å²) in [6.45, 7) is 10.8. The van der Waals surface area contributed by atoms with Gasteiger partial charge in [0, 0.05) is 43.8 Å². The summed E-state index contributed by atoms with van der Waals surface area (Å²) in [6, 6.07) is 8.81. The second-order valence-corrected chi connectivity index (χ2v) is 7.19. The van der Waals surface area contributed by atoms with Gasteiger partial charge in [0.2, 0.25) is 0 Å². The lowest BCUT2D eigenvalue weighted by atomic mass is 9.97. The van der Waals surface area contributed by atoms with E-state index in [0.29, 0.717) is 6.04 Å². The third-order valence-corrected chi connectivity index (χ3v) is 5.53. The summed E-state index contributed by atoms with van der Waals surface area (Å²) >= 11 is 5.99. The van der Waals surface area contributed by atoms with E-state index in [0.717, 1.165) is 10.9 Å². The first kappa shape index (κ1) is 19.0. The van der Waals surface area contributed by atoms with E-state index in [2.05, 4.69) is 34.2 Å². The zero-order valence-corrected chi connectivity index (χ0v) is 15.6. The summed E-state index contributed by atoms with van der Waals surface area (Å²) in [5, 5.41) is 4.28. The highest BCUT2D eigenvalue weighted by atomic mass is 35.5. The van der Waals surface area contributed by atoms with Crippen molar-refractivity contribution in [3.63, 3.8) is 0 Å². The van der Waals surface area contributed by atoms with Gasteiger partial charge in [-0.05, 0) is 56.5 Å². The highest BCUT2D eigenvalue weighted by Crippen LogP contribution is 2.24. The van der Waals surface area contributed by atoms with E-state index in [-0.39, 0.29) is 12.4 Å². The van der Waals surface area contributed by atoms with E-state index in [1.165, 1.54) is 64.2 Å². The van der Waals surface area contributed by atoms with Crippen molar-refractivity contribution in [2.45, 2.75) is 25.8 Å². The first-order valence-corrected chi connectivity index (χ1v) is 9.03. The number of piperazine rings is 1. The third kappa shape index (κ3) is 5.33. The minimum absolute atomic E-state index is 0. The van der Waals surface area contributed by atoms with E-state index >= 15 is 0 Å². The predicted octanol–water partition coefficient (Wildman–Crippen LogP) is 3.44. The molecule has 1 N–H and O–H groups in total. The van der Waals surface area contributed by atoms with Crippen LogP contribution in [0, 0.1) is 5.92 Å². The summed E-state index contributed by atoms with van der Waals surface area (Å²) in [5.41, 5.74) is 1.37. The van der Waals surface area contributed by atoms with Crippen LogP contribution in [0.15, 0.2) is 24.3 Å². The largest absolute Gasteiger partial charge is 0.317 e. The maximum Gasteiger partial charge on any atom is 0.0406 e. The quantitative estimate of drug-likeness (QED) is 0.890. The summed E-state index contributed by atoms with van der Waals surface area (Å²) in [4.78, 5) is 5.27. The minimum atomic E-state index is 0. The molecule has 0 aliphatic carbocycles. The molecule has 2 saturated heterocycles. The van der Waals surface area contributed by atoms with Crippen LogP contribution in [0.2, 0.25) is 5.02 Å². The van der Waals surface area contributed by atoms with Gasteiger partial charge in [0.1, 0.15) is 0 Å². The molecule has 1 atom stereocenters. The van der Waals surface area contributed by atoms with Crippen molar-refractivity contribution in [3.05, 3.63) is 34.9 Å². The molecule has 2 aliphatic heterocycles. The molecule has 0 radical (unpaired) electrons. The number of hydrogen-bond donors (Lipinski definition) is 1. The molecule has 0 aromatic heterocycles. The van der Waals surface area contributed by atoms with Gasteiger partial charge in [0.05, 0.1) is 0 Å². The van der Waals surface area contributed by atoms with Gasteiger partial charge in [-0.3, -0.25) is 4.90 Å². The van der Waals surface area contributed by atoms with Crippen LogP contribution in [0.25, 0.3) is 0 Å². The molecule has 2 fully saturated rings. The zero-order valence-electron chi connectivity index (χ0n) is 14.0. The zero-order chi connectivity index (χ0) is 15.4. The molecule has 1 aromatic rings. The summed E-state index contributed by atoms with van der Waals surface area (Å²) in [7, 11) is 0. The molecule has 0 spiro atoms. The Morgan fingerprint density at radius 3 is 2.30 bits per heavy atom. The van der Waals surface area contributed by atoms with Gasteiger partial charge >= 0.3 is 0 Å². The SMILES string of the molecule is CC(c1ccc(Cl)cc1)N1CCN(CC2CCNCC2)CC1.Cl. The Hall–Kier alpha value is -0.320. The van der Waals surface area contributed by atoms with Crippen LogP contribution in [0.1, 0.15) is 31.4 Å². The molecule has 1 unspecified atom stereocenters. The van der Waals surface area contributed by atoms with E-state index in [1.54, 1.807) is 0 Å². The molecule has 2 heterocycles. The van der Waals surface area contributed by atoms with E-state index in [9.17, 15) is 0 Å². The number of nitrogens with one attached hydrogen (secondary N) is 1. The topological polar surface area (TPSA) is 18.5 Å². The fraction of sp³-hybridized carbons (Fsp3) is 0.667. The third-order valence-electron chi connectivity index (χ3n) is 5.28. The van der Waals surface area contributed by atoms with Gasteiger partial charge in [0.25, 0.3) is 0 Å². The van der Waals surface area contributed by atoms with Gasteiger partial charge in [-0.15, -0.1) is 12.4 Å². The van der Waals surface area contributed by atoms with E-state index < -0.39 is 0 Å². The van der Waals surface area contributed by atoms with E-state index in [1.807, 2.05) is 12.1 Å². The van der Waals surface area contributed by atoms with Crippen molar-refractivity contribution >= 4 is 24.0 Å². The predicted molar refractivity (Wildman–Crippen MR) is 101 cm³/mol. The monoisotopic (exact) mass is 357 g/mol. The Kier molecular flexibility index (Phi) is 7.64. The van der Waals surface area contributed by atoms with Crippen molar-refractivity contribution in [3.8, 4) is 0 Å². The Bertz CT molecular complexity index is 452. The molecule has 5 heteroatoms. The molecule has 0 saturated carbocycles. The standard InChI is InChI=1S/C18H28ClN3.ClH/c1-15(17-2-4-18(19)5-3-17)22-12-10-21(11-13-22)14-16-6-8-20-9-7-16;/h2-5,15-16,20H,6-14H2,1H3;1H. The van der Waals surface area contributed by atoms with Crippen LogP contribution in [-0.2, 0) is 0 Å². The Morgan fingerprint density at radius 2 is 1.70 bits per heavy atom. The molecule has 3 nitrogen and oxygen atoms in total. The lowest BCUT2D eigenvalue weighted by Crippen LogP contribution is -2.49. The molecule has 0 bridgehead atoms. The Labute approximate surface area is 151 Å². The van der Waals surface area contributed by atoms with Crippen LogP contribution >= 0.6 is 24.0 Å².